The van der Waals surface area contributed by atoms with E-state index in [4.69, 9.17) is 4.98 Å². The fourth-order valence-corrected chi connectivity index (χ4v) is 2.88. The first kappa shape index (κ1) is 14.5. The fourth-order valence-electron chi connectivity index (χ4n) is 2.88. The Morgan fingerprint density at radius 1 is 1.32 bits per heavy atom. The Labute approximate surface area is 117 Å². The van der Waals surface area contributed by atoms with Gasteiger partial charge >= 0.3 is 0 Å². The molecule has 1 fully saturated rings. The van der Waals surface area contributed by atoms with Crippen LogP contribution in [0, 0.1) is 0 Å². The van der Waals surface area contributed by atoms with Crippen molar-refractivity contribution in [3.05, 3.63) is 29.6 Å². The topological polar surface area (TPSA) is 28.2 Å². The molecular weight excluding hydrogens is 234 g/mol. The molecule has 2 rings (SSSR count). The van der Waals surface area contributed by atoms with E-state index in [-0.39, 0.29) is 0 Å². The van der Waals surface area contributed by atoms with Crippen LogP contribution < -0.4 is 5.32 Å². The third-order valence-electron chi connectivity index (χ3n) is 3.93. The molecule has 1 unspecified atom stereocenters. The highest BCUT2D eigenvalue weighted by molar-refractivity contribution is 5.11. The number of hydrogen-bond acceptors (Lipinski definition) is 3. The summed E-state index contributed by atoms with van der Waals surface area (Å²) in [6, 6.07) is 7.19. The highest BCUT2D eigenvalue weighted by Gasteiger charge is 2.22. The van der Waals surface area contributed by atoms with E-state index >= 15 is 0 Å². The standard InChI is InChI=1S/C16H27N3/c1-3-10-17-12-14-7-5-8-15(18-14)13-19-11-6-9-16(19)4-2/h5,7-8,16-17H,3-4,6,9-13H2,1-2H3. The van der Waals surface area contributed by atoms with E-state index in [1.165, 1.54) is 37.9 Å². The van der Waals surface area contributed by atoms with E-state index in [9.17, 15) is 0 Å². The minimum absolute atomic E-state index is 0.767. The zero-order chi connectivity index (χ0) is 13.5. The van der Waals surface area contributed by atoms with E-state index in [1.807, 2.05) is 0 Å². The molecule has 1 aromatic rings. The van der Waals surface area contributed by atoms with Crippen LogP contribution in [0.5, 0.6) is 0 Å². The first-order chi connectivity index (χ1) is 9.33. The average molecular weight is 261 g/mol. The summed E-state index contributed by atoms with van der Waals surface area (Å²) in [6.07, 6.45) is 5.13. The number of rotatable bonds is 7. The van der Waals surface area contributed by atoms with Crippen molar-refractivity contribution < 1.29 is 0 Å². The summed E-state index contributed by atoms with van der Waals surface area (Å²) in [5.41, 5.74) is 2.38. The maximum Gasteiger partial charge on any atom is 0.0547 e. The summed E-state index contributed by atoms with van der Waals surface area (Å²) in [5.74, 6) is 0. The van der Waals surface area contributed by atoms with Gasteiger partial charge in [0.25, 0.3) is 0 Å². The second-order valence-corrected chi connectivity index (χ2v) is 5.47. The van der Waals surface area contributed by atoms with Crippen LogP contribution >= 0.6 is 0 Å². The molecule has 0 radical (unpaired) electrons. The number of nitrogens with one attached hydrogen (secondary N) is 1. The molecule has 0 aromatic carbocycles. The SMILES string of the molecule is CCCNCc1cccc(CN2CCCC2CC)n1. The van der Waals surface area contributed by atoms with Crippen LogP contribution in [0.4, 0.5) is 0 Å². The lowest BCUT2D eigenvalue weighted by molar-refractivity contribution is 0.237. The Morgan fingerprint density at radius 3 is 2.95 bits per heavy atom. The molecule has 0 aliphatic carbocycles. The highest BCUT2D eigenvalue weighted by Crippen LogP contribution is 2.21. The molecule has 0 amide bonds. The zero-order valence-corrected chi connectivity index (χ0v) is 12.4. The Kier molecular flexibility index (Phi) is 5.80. The van der Waals surface area contributed by atoms with Gasteiger partial charge in [-0.3, -0.25) is 9.88 Å². The lowest BCUT2D eigenvalue weighted by Crippen LogP contribution is -2.28. The van der Waals surface area contributed by atoms with Gasteiger partial charge in [0.1, 0.15) is 0 Å². The first-order valence-corrected chi connectivity index (χ1v) is 7.73. The summed E-state index contributed by atoms with van der Waals surface area (Å²) < 4.78 is 0. The van der Waals surface area contributed by atoms with Gasteiger partial charge in [-0.1, -0.05) is 19.9 Å². The Hall–Kier alpha value is -0.930. The smallest absolute Gasteiger partial charge is 0.0547 e. The van der Waals surface area contributed by atoms with E-state index in [1.54, 1.807) is 0 Å². The Morgan fingerprint density at radius 2 is 2.16 bits per heavy atom. The van der Waals surface area contributed by atoms with Gasteiger partial charge in [-0.05, 0) is 50.9 Å². The van der Waals surface area contributed by atoms with Gasteiger partial charge in [-0.15, -0.1) is 0 Å². The number of pyridine rings is 1. The van der Waals surface area contributed by atoms with E-state index in [0.29, 0.717) is 0 Å². The molecule has 19 heavy (non-hydrogen) atoms. The highest BCUT2D eigenvalue weighted by atomic mass is 15.2. The quantitative estimate of drug-likeness (QED) is 0.765. The van der Waals surface area contributed by atoms with Crippen LogP contribution in [0.15, 0.2) is 18.2 Å². The molecule has 0 spiro atoms. The third kappa shape index (κ3) is 4.29. The van der Waals surface area contributed by atoms with Gasteiger partial charge in [0.05, 0.1) is 11.4 Å². The van der Waals surface area contributed by atoms with Crippen LogP contribution in [-0.2, 0) is 13.1 Å². The number of aromatic nitrogens is 1. The molecule has 0 bridgehead atoms. The van der Waals surface area contributed by atoms with Crippen LogP contribution in [0.2, 0.25) is 0 Å². The van der Waals surface area contributed by atoms with Gasteiger partial charge in [0.2, 0.25) is 0 Å². The van der Waals surface area contributed by atoms with Crippen molar-refractivity contribution in [2.24, 2.45) is 0 Å². The van der Waals surface area contributed by atoms with E-state index in [0.717, 1.165) is 31.4 Å². The number of nitrogens with zero attached hydrogens (tertiary/aromatic N) is 2. The molecule has 1 atom stereocenters. The summed E-state index contributed by atoms with van der Waals surface area (Å²) in [4.78, 5) is 7.36. The van der Waals surface area contributed by atoms with Crippen molar-refractivity contribution in [2.75, 3.05) is 13.1 Å². The van der Waals surface area contributed by atoms with Crippen molar-refractivity contribution in [3.63, 3.8) is 0 Å². The summed E-state index contributed by atoms with van der Waals surface area (Å²) in [5, 5.41) is 3.42. The zero-order valence-electron chi connectivity index (χ0n) is 12.4. The van der Waals surface area contributed by atoms with Crippen LogP contribution in [0.1, 0.15) is 50.9 Å². The van der Waals surface area contributed by atoms with Crippen molar-refractivity contribution >= 4 is 0 Å². The van der Waals surface area contributed by atoms with Gasteiger partial charge in [0.15, 0.2) is 0 Å². The molecular formula is C16H27N3. The van der Waals surface area contributed by atoms with Gasteiger partial charge in [-0.25, -0.2) is 0 Å². The van der Waals surface area contributed by atoms with Crippen LogP contribution in [0.3, 0.4) is 0 Å². The molecule has 3 heteroatoms. The summed E-state index contributed by atoms with van der Waals surface area (Å²) in [7, 11) is 0. The minimum Gasteiger partial charge on any atom is -0.311 e. The Bertz CT molecular complexity index is 378. The van der Waals surface area contributed by atoms with Crippen molar-refractivity contribution in [1.82, 2.24) is 15.2 Å². The van der Waals surface area contributed by atoms with Gasteiger partial charge in [-0.2, -0.15) is 0 Å². The second-order valence-electron chi connectivity index (χ2n) is 5.47. The maximum absolute atomic E-state index is 4.77. The predicted molar refractivity (Wildman–Crippen MR) is 80.0 cm³/mol. The molecule has 3 nitrogen and oxygen atoms in total. The predicted octanol–water partition coefficient (Wildman–Crippen LogP) is 2.96. The van der Waals surface area contributed by atoms with Crippen molar-refractivity contribution in [3.8, 4) is 0 Å². The Balaban J connectivity index is 1.91. The molecule has 2 heterocycles. The number of hydrogen-bond donors (Lipinski definition) is 1. The lowest BCUT2D eigenvalue weighted by Gasteiger charge is -2.22. The van der Waals surface area contributed by atoms with Crippen molar-refractivity contribution in [1.29, 1.82) is 0 Å². The van der Waals surface area contributed by atoms with Crippen molar-refractivity contribution in [2.45, 2.75) is 58.7 Å². The second kappa shape index (κ2) is 7.61. The molecule has 1 aromatic heterocycles. The summed E-state index contributed by atoms with van der Waals surface area (Å²) in [6.45, 7) is 8.68. The third-order valence-corrected chi connectivity index (χ3v) is 3.93. The fraction of sp³-hybridized carbons (Fsp3) is 0.688. The number of likely N-dealkylation sites (tertiary alicyclic amines) is 1. The normalized spacial score (nSPS) is 20.0. The van der Waals surface area contributed by atoms with Gasteiger partial charge < -0.3 is 5.32 Å². The molecule has 1 aliphatic rings. The molecule has 1 N–H and O–H groups in total. The summed E-state index contributed by atoms with van der Waals surface area (Å²) >= 11 is 0. The minimum atomic E-state index is 0.767. The molecule has 106 valence electrons. The largest absolute Gasteiger partial charge is 0.311 e. The van der Waals surface area contributed by atoms with Crippen LogP contribution in [0.25, 0.3) is 0 Å². The lowest BCUT2D eigenvalue weighted by atomic mass is 10.1. The molecule has 1 saturated heterocycles. The van der Waals surface area contributed by atoms with E-state index < -0.39 is 0 Å². The van der Waals surface area contributed by atoms with Gasteiger partial charge in [0, 0.05) is 19.1 Å². The maximum atomic E-state index is 4.77. The first-order valence-electron chi connectivity index (χ1n) is 7.73. The average Bonchev–Trinajstić information content (AvgIpc) is 2.87. The monoisotopic (exact) mass is 261 g/mol. The van der Waals surface area contributed by atoms with Crippen LogP contribution in [-0.4, -0.2) is 29.0 Å². The molecule has 0 saturated carbocycles. The van der Waals surface area contributed by atoms with E-state index in [2.05, 4.69) is 42.3 Å². The molecule has 1 aliphatic heterocycles.